The molecule has 0 spiro atoms. The molecule has 1 aliphatic rings. The van der Waals surface area contributed by atoms with Gasteiger partial charge in [0.25, 0.3) is 11.8 Å². The average Bonchev–Trinajstić information content (AvgIpc) is 2.97. The van der Waals surface area contributed by atoms with Gasteiger partial charge in [-0.25, -0.2) is 4.98 Å². The fourth-order valence-electron chi connectivity index (χ4n) is 4.11. The maximum Gasteiger partial charge on any atom is 0.416 e. The number of hydrogen-bond donors (Lipinski definition) is 2. The van der Waals surface area contributed by atoms with Gasteiger partial charge in [-0.2, -0.15) is 13.2 Å². The number of alkyl halides is 3. The third kappa shape index (κ3) is 8.22. The van der Waals surface area contributed by atoms with Gasteiger partial charge >= 0.3 is 6.18 Å². The van der Waals surface area contributed by atoms with E-state index in [1.807, 2.05) is 0 Å². The molecule has 41 heavy (non-hydrogen) atoms. The normalized spacial score (nSPS) is 14.1. The number of halogens is 3. The van der Waals surface area contributed by atoms with Crippen molar-refractivity contribution in [2.75, 3.05) is 49.6 Å². The summed E-state index contributed by atoms with van der Waals surface area (Å²) in [6, 6.07) is 13.7. The number of nitrogens with zero attached hydrogens (tertiary/aromatic N) is 3. The van der Waals surface area contributed by atoms with Crippen molar-refractivity contribution in [1.82, 2.24) is 9.88 Å². The zero-order valence-electron chi connectivity index (χ0n) is 21.9. The predicted octanol–water partition coefficient (Wildman–Crippen LogP) is 3.83. The molecule has 9 nitrogen and oxygen atoms in total. The van der Waals surface area contributed by atoms with Crippen molar-refractivity contribution < 1.29 is 32.3 Å². The molecule has 0 bridgehead atoms. The number of primary amides is 1. The molecule has 1 aliphatic heterocycles. The van der Waals surface area contributed by atoms with Gasteiger partial charge in [0, 0.05) is 49.7 Å². The number of carbonyl (C=O) groups excluding carboxylic acids is 3. The number of nitrogens with one attached hydrogen (secondary N) is 1. The van der Waals surface area contributed by atoms with Crippen LogP contribution in [0.4, 0.5) is 24.7 Å². The van der Waals surface area contributed by atoms with Crippen LogP contribution in [0.3, 0.4) is 0 Å². The van der Waals surface area contributed by atoms with Crippen LogP contribution in [0.15, 0.2) is 72.9 Å². The standard InChI is InChI=1S/C29H28F3N5O4/c30-29(31,32)23-5-2-6-24(18-23)35-28(40)21-4-1-3-20(17-21)7-10-26(38)37(12-11-36-13-15-41-16-14-36)25-9-8-22(19-34-25)27(33)39/h1-10,17-19H,11-16H2,(H2,33,39)(H,35,40)/b10-7+. The van der Waals surface area contributed by atoms with Crippen LogP contribution in [0.1, 0.15) is 31.8 Å². The average molecular weight is 568 g/mol. The second kappa shape index (κ2) is 13.2. The molecule has 2 heterocycles. The van der Waals surface area contributed by atoms with Gasteiger partial charge in [-0.05, 0) is 54.1 Å². The number of ether oxygens (including phenoxy) is 1. The van der Waals surface area contributed by atoms with E-state index in [9.17, 15) is 27.6 Å². The fourth-order valence-corrected chi connectivity index (χ4v) is 4.11. The minimum absolute atomic E-state index is 0.00621. The highest BCUT2D eigenvalue weighted by Crippen LogP contribution is 2.30. The van der Waals surface area contributed by atoms with Crippen molar-refractivity contribution in [2.45, 2.75) is 6.18 Å². The Balaban J connectivity index is 1.48. The molecular formula is C29H28F3N5O4. The Bertz CT molecular complexity index is 1420. The molecular weight excluding hydrogens is 539 g/mol. The molecule has 0 aliphatic carbocycles. The van der Waals surface area contributed by atoms with Gasteiger partial charge in [0.1, 0.15) is 5.82 Å². The monoisotopic (exact) mass is 567 g/mol. The number of hydrogen-bond acceptors (Lipinski definition) is 6. The summed E-state index contributed by atoms with van der Waals surface area (Å²) in [4.78, 5) is 45.3. The number of benzene rings is 2. The lowest BCUT2D eigenvalue weighted by molar-refractivity contribution is -0.137. The van der Waals surface area contributed by atoms with Crippen LogP contribution >= 0.6 is 0 Å². The van der Waals surface area contributed by atoms with Gasteiger partial charge in [0.2, 0.25) is 5.91 Å². The zero-order chi connectivity index (χ0) is 29.4. The molecule has 12 heteroatoms. The molecule has 3 amide bonds. The molecule has 4 rings (SSSR count). The lowest BCUT2D eigenvalue weighted by Gasteiger charge is -2.29. The number of rotatable bonds is 9. The Kier molecular flexibility index (Phi) is 9.48. The second-order valence-electron chi connectivity index (χ2n) is 9.20. The van der Waals surface area contributed by atoms with Gasteiger partial charge in [-0.3, -0.25) is 24.2 Å². The Morgan fingerprint density at radius 2 is 1.78 bits per heavy atom. The van der Waals surface area contributed by atoms with E-state index in [4.69, 9.17) is 10.5 Å². The molecule has 214 valence electrons. The largest absolute Gasteiger partial charge is 0.416 e. The molecule has 0 radical (unpaired) electrons. The molecule has 0 atom stereocenters. The smallest absolute Gasteiger partial charge is 0.379 e. The van der Waals surface area contributed by atoms with E-state index < -0.39 is 23.6 Å². The summed E-state index contributed by atoms with van der Waals surface area (Å²) < 4.78 is 44.4. The lowest BCUT2D eigenvalue weighted by Crippen LogP contribution is -2.43. The van der Waals surface area contributed by atoms with E-state index in [2.05, 4.69) is 15.2 Å². The third-order valence-corrected chi connectivity index (χ3v) is 6.33. The van der Waals surface area contributed by atoms with Gasteiger partial charge in [0.05, 0.1) is 24.3 Å². The summed E-state index contributed by atoms with van der Waals surface area (Å²) in [6.07, 6.45) is -0.355. The summed E-state index contributed by atoms with van der Waals surface area (Å²) in [6.45, 7) is 3.59. The fraction of sp³-hybridized carbons (Fsp3) is 0.241. The summed E-state index contributed by atoms with van der Waals surface area (Å²) in [5.74, 6) is -1.27. The van der Waals surface area contributed by atoms with Crippen LogP contribution in [0.25, 0.3) is 6.08 Å². The Labute approximate surface area is 234 Å². The maximum absolute atomic E-state index is 13.3. The summed E-state index contributed by atoms with van der Waals surface area (Å²) in [7, 11) is 0. The molecule has 3 aromatic rings. The Morgan fingerprint density at radius 3 is 2.46 bits per heavy atom. The Morgan fingerprint density at radius 1 is 1.02 bits per heavy atom. The first-order valence-corrected chi connectivity index (χ1v) is 12.7. The Hall–Kier alpha value is -4.55. The number of aromatic nitrogens is 1. The van der Waals surface area contributed by atoms with E-state index in [0.717, 1.165) is 25.2 Å². The van der Waals surface area contributed by atoms with Crippen LogP contribution in [0, 0.1) is 0 Å². The van der Waals surface area contributed by atoms with Crippen LogP contribution in [-0.2, 0) is 15.7 Å². The van der Waals surface area contributed by atoms with Crippen molar-refractivity contribution in [3.05, 3.63) is 95.2 Å². The van der Waals surface area contributed by atoms with Crippen LogP contribution in [0.5, 0.6) is 0 Å². The highest BCUT2D eigenvalue weighted by atomic mass is 19.4. The third-order valence-electron chi connectivity index (χ3n) is 6.33. The SMILES string of the molecule is NC(=O)c1ccc(N(CCN2CCOCC2)C(=O)/C=C/c2cccc(C(=O)Nc3cccc(C(F)(F)F)c3)c2)nc1. The predicted molar refractivity (Wildman–Crippen MR) is 147 cm³/mol. The van der Waals surface area contributed by atoms with Gasteiger partial charge < -0.3 is 15.8 Å². The number of amides is 3. The minimum Gasteiger partial charge on any atom is -0.379 e. The van der Waals surface area contributed by atoms with Crippen molar-refractivity contribution in [1.29, 1.82) is 0 Å². The molecule has 3 N–H and O–H groups in total. The summed E-state index contributed by atoms with van der Waals surface area (Å²) >= 11 is 0. The molecule has 2 aromatic carbocycles. The van der Waals surface area contributed by atoms with Crippen LogP contribution < -0.4 is 16.0 Å². The number of nitrogens with two attached hydrogens (primary N) is 1. The molecule has 0 unspecified atom stereocenters. The van der Waals surface area contributed by atoms with Gasteiger partial charge in [-0.1, -0.05) is 18.2 Å². The first kappa shape index (κ1) is 29.4. The highest BCUT2D eigenvalue weighted by molar-refractivity contribution is 6.06. The first-order chi connectivity index (χ1) is 19.6. The van der Waals surface area contributed by atoms with Crippen molar-refractivity contribution in [2.24, 2.45) is 5.73 Å². The first-order valence-electron chi connectivity index (χ1n) is 12.7. The maximum atomic E-state index is 13.3. The minimum atomic E-state index is -4.53. The van der Waals surface area contributed by atoms with Crippen molar-refractivity contribution in [3.63, 3.8) is 0 Å². The molecule has 0 saturated carbocycles. The van der Waals surface area contributed by atoms with Gasteiger partial charge in [0.15, 0.2) is 0 Å². The number of pyridine rings is 1. The number of carbonyl (C=O) groups is 3. The second-order valence-corrected chi connectivity index (χ2v) is 9.20. The van der Waals surface area contributed by atoms with Crippen molar-refractivity contribution in [3.8, 4) is 0 Å². The number of anilines is 2. The summed E-state index contributed by atoms with van der Waals surface area (Å²) in [5, 5.41) is 2.47. The number of morpholine rings is 1. The van der Waals surface area contributed by atoms with Gasteiger partial charge in [-0.15, -0.1) is 0 Å². The van der Waals surface area contributed by atoms with E-state index in [1.165, 1.54) is 53.6 Å². The summed E-state index contributed by atoms with van der Waals surface area (Å²) in [5.41, 5.74) is 5.38. The van der Waals surface area contributed by atoms with Crippen molar-refractivity contribution >= 4 is 35.3 Å². The van der Waals surface area contributed by atoms with E-state index in [-0.39, 0.29) is 22.7 Å². The molecule has 1 fully saturated rings. The topological polar surface area (TPSA) is 118 Å². The molecule has 1 aromatic heterocycles. The lowest BCUT2D eigenvalue weighted by atomic mass is 10.1. The highest BCUT2D eigenvalue weighted by Gasteiger charge is 2.30. The quantitative estimate of drug-likeness (QED) is 0.380. The molecule has 1 saturated heterocycles. The van der Waals surface area contributed by atoms with E-state index >= 15 is 0 Å². The van der Waals surface area contributed by atoms with E-state index in [0.29, 0.717) is 37.7 Å². The van der Waals surface area contributed by atoms with Crippen LogP contribution in [0.2, 0.25) is 0 Å². The van der Waals surface area contributed by atoms with Crippen LogP contribution in [-0.4, -0.2) is 67.0 Å². The zero-order valence-corrected chi connectivity index (χ0v) is 21.9. The van der Waals surface area contributed by atoms with E-state index in [1.54, 1.807) is 18.2 Å².